The fourth-order valence-electron chi connectivity index (χ4n) is 0.341. The molecule has 0 heterocycles. The van der Waals surface area contributed by atoms with Crippen LogP contribution in [0.4, 0.5) is 24.0 Å². The van der Waals surface area contributed by atoms with Crippen molar-refractivity contribution in [1.29, 1.82) is 0 Å². The van der Waals surface area contributed by atoms with Crippen molar-refractivity contribution < 1.29 is 53.1 Å². The molecule has 0 saturated carbocycles. The molecule has 11 nitrogen and oxygen atoms in total. The summed E-state index contributed by atoms with van der Waals surface area (Å²) in [4.78, 5) is 50.4. The van der Waals surface area contributed by atoms with Gasteiger partial charge in [-0.05, 0) is 0 Å². The Bertz CT molecular complexity index is 327. The molecule has 0 radical (unpaired) electrons. The van der Waals surface area contributed by atoms with E-state index in [1.165, 1.54) is 0 Å². The summed E-state index contributed by atoms with van der Waals surface area (Å²) in [6.45, 7) is 0. The molecule has 2 N–H and O–H groups in total. The molecule has 0 spiro atoms. The minimum atomic E-state index is -2.06. The summed E-state index contributed by atoms with van der Waals surface area (Å²) in [5.41, 5.74) is 0. The number of carbonyl (C=O) groups excluding carboxylic acids is 3. The van der Waals surface area contributed by atoms with Gasteiger partial charge in [-0.25, -0.2) is 24.0 Å². The normalized spacial score (nSPS) is 6.80. The van der Waals surface area contributed by atoms with Gasteiger partial charge in [-0.15, -0.1) is 0 Å². The maximum atomic E-state index is 10.4. The summed E-state index contributed by atoms with van der Waals surface area (Å²) in [6.07, 6.45) is -10.1. The van der Waals surface area contributed by atoms with Crippen LogP contribution in [-0.4, -0.2) is 230 Å². The average molecular weight is 696 g/mol. The average Bonchev–Trinajstić information content (AvgIpc) is 1.97. The third kappa shape index (κ3) is 23.5. The molecule has 0 unspecified atom stereocenters. The molecule has 0 saturated heterocycles. The van der Waals surface area contributed by atoms with Crippen LogP contribution in [-0.2, 0) is 18.9 Å². The molecule has 20 heavy (non-hydrogen) atoms. The van der Waals surface area contributed by atoms with Crippen LogP contribution in [0, 0.1) is 0 Å². The Labute approximate surface area is 265 Å². The molecular weight excluding hydrogens is 686 g/mol. The number of rotatable bonds is 0. The van der Waals surface area contributed by atoms with Crippen LogP contribution in [0.25, 0.3) is 0 Å². The van der Waals surface area contributed by atoms with E-state index in [4.69, 9.17) is 10.2 Å². The van der Waals surface area contributed by atoms with Gasteiger partial charge in [0.15, 0.2) is 0 Å². The SMILES string of the molecule is O=C(O)OC(=O)OC(=O)OC(=O)OC(=O)O.[BaH2].[BaH2].[SrH2].[SrH2]. The van der Waals surface area contributed by atoms with Gasteiger partial charge in [0.2, 0.25) is 0 Å². The number of ether oxygens (including phenoxy) is 4. The van der Waals surface area contributed by atoms with E-state index >= 15 is 0 Å². The van der Waals surface area contributed by atoms with E-state index in [-0.39, 0.29) is 189 Å². The summed E-state index contributed by atoms with van der Waals surface area (Å²) in [7, 11) is 0. The molecule has 0 aromatic carbocycles. The maximum absolute atomic E-state index is 10.4. The number of carbonyl (C=O) groups is 5. The summed E-state index contributed by atoms with van der Waals surface area (Å²) in [6, 6.07) is 0. The van der Waals surface area contributed by atoms with Crippen molar-refractivity contribution in [2.45, 2.75) is 0 Å². The zero-order valence-corrected chi connectivity index (χ0v) is 7.07. The molecule has 104 valence electrons. The van der Waals surface area contributed by atoms with Crippen molar-refractivity contribution in [3.63, 3.8) is 0 Å². The Kier molecular flexibility index (Phi) is 35.1. The van der Waals surface area contributed by atoms with Crippen molar-refractivity contribution >= 4 is 220 Å². The molecular formula is C5H10Ba2O11Sr2. The van der Waals surface area contributed by atoms with Gasteiger partial charge >= 0.3 is 220 Å². The van der Waals surface area contributed by atoms with Crippen LogP contribution >= 0.6 is 0 Å². The molecule has 0 bridgehead atoms. The van der Waals surface area contributed by atoms with Crippen molar-refractivity contribution in [2.75, 3.05) is 0 Å². The van der Waals surface area contributed by atoms with Crippen LogP contribution < -0.4 is 0 Å². The number of carboxylic acid groups (broad SMARTS) is 2. The first kappa shape index (κ1) is 34.6. The van der Waals surface area contributed by atoms with Gasteiger partial charge in [0.25, 0.3) is 0 Å². The third-order valence-electron chi connectivity index (χ3n) is 0.675. The van der Waals surface area contributed by atoms with Crippen molar-refractivity contribution in [3.05, 3.63) is 0 Å². The molecule has 0 atom stereocenters. The fourth-order valence-corrected chi connectivity index (χ4v) is 0.341. The monoisotopic (exact) mass is 698 g/mol. The van der Waals surface area contributed by atoms with Gasteiger partial charge in [0, 0.05) is 0 Å². The number of hydrogen-bond donors (Lipinski definition) is 2. The second-order valence-corrected chi connectivity index (χ2v) is 1.69. The predicted molar refractivity (Wildman–Crippen MR) is 70.8 cm³/mol. The summed E-state index contributed by atoms with van der Waals surface area (Å²) < 4.78 is 13.4. The molecule has 0 aliphatic rings. The van der Waals surface area contributed by atoms with E-state index < -0.39 is 30.8 Å². The van der Waals surface area contributed by atoms with E-state index in [1.54, 1.807) is 0 Å². The second-order valence-electron chi connectivity index (χ2n) is 1.69. The van der Waals surface area contributed by atoms with Crippen LogP contribution in [0.1, 0.15) is 0 Å². The zero-order valence-electron chi connectivity index (χ0n) is 7.07. The molecule has 0 aliphatic heterocycles. The van der Waals surface area contributed by atoms with E-state index in [0.29, 0.717) is 0 Å². The number of hydrogen-bond acceptors (Lipinski definition) is 9. The van der Waals surface area contributed by atoms with Crippen LogP contribution in [0.15, 0.2) is 0 Å². The molecule has 0 aliphatic carbocycles. The first-order chi connectivity index (χ1) is 7.31. The molecule has 0 fully saturated rings. The standard InChI is InChI=1S/C5H2O11.2Ba.2Sr.8H/c6-1(7)13-3(10)15-5(12)16-4(11)14-2(8)9;;;;;;;;;;;;/h(H,6,7)(H,8,9);;;;;;;;;;;;. The van der Waals surface area contributed by atoms with Gasteiger partial charge in [-0.2, -0.15) is 0 Å². The quantitative estimate of drug-likeness (QED) is 0.152. The Morgan fingerprint density at radius 2 is 0.750 bits per heavy atom. The molecule has 0 amide bonds. The first-order valence-corrected chi connectivity index (χ1v) is 3.10. The van der Waals surface area contributed by atoms with E-state index in [1.807, 2.05) is 0 Å². The van der Waals surface area contributed by atoms with Crippen LogP contribution in [0.3, 0.4) is 0 Å². The van der Waals surface area contributed by atoms with Gasteiger partial charge in [-0.3, -0.25) is 0 Å². The Morgan fingerprint density at radius 1 is 0.550 bits per heavy atom. The van der Waals surface area contributed by atoms with Crippen LogP contribution in [0.2, 0.25) is 0 Å². The zero-order chi connectivity index (χ0) is 12.7. The van der Waals surface area contributed by atoms with E-state index in [2.05, 4.69) is 18.9 Å². The Morgan fingerprint density at radius 3 is 0.950 bits per heavy atom. The van der Waals surface area contributed by atoms with Gasteiger partial charge in [-0.1, -0.05) is 0 Å². The van der Waals surface area contributed by atoms with E-state index in [0.717, 1.165) is 0 Å². The summed E-state index contributed by atoms with van der Waals surface area (Å²) in [5, 5.41) is 15.7. The Hall–Kier alpha value is 3.25. The topological polar surface area (TPSA) is 163 Å². The molecule has 0 rings (SSSR count). The Balaban J connectivity index is -0.000000187. The van der Waals surface area contributed by atoms with Crippen LogP contribution in [0.5, 0.6) is 0 Å². The third-order valence-corrected chi connectivity index (χ3v) is 0.675. The second kappa shape index (κ2) is 20.3. The predicted octanol–water partition coefficient (Wildman–Crippen LogP) is -2.90. The van der Waals surface area contributed by atoms with Gasteiger partial charge < -0.3 is 29.2 Å². The molecule has 15 heteroatoms. The first-order valence-electron chi connectivity index (χ1n) is 3.10. The minimum absolute atomic E-state index is 0. The summed E-state index contributed by atoms with van der Waals surface area (Å²) >= 11 is 0. The van der Waals surface area contributed by atoms with Gasteiger partial charge in [0.1, 0.15) is 0 Å². The molecule has 0 aromatic rings. The fraction of sp³-hybridized carbons (Fsp3) is 0. The van der Waals surface area contributed by atoms with Gasteiger partial charge in [0.05, 0.1) is 0 Å². The van der Waals surface area contributed by atoms with E-state index in [9.17, 15) is 24.0 Å². The van der Waals surface area contributed by atoms with Crippen molar-refractivity contribution in [3.8, 4) is 0 Å². The van der Waals surface area contributed by atoms with Crippen molar-refractivity contribution in [2.24, 2.45) is 0 Å². The summed E-state index contributed by atoms with van der Waals surface area (Å²) in [5.74, 6) is 0. The molecule has 0 aromatic heterocycles. The van der Waals surface area contributed by atoms with Crippen molar-refractivity contribution in [1.82, 2.24) is 0 Å².